The third-order valence-electron chi connectivity index (χ3n) is 5.05. The minimum atomic E-state index is -0.0797. The molecule has 6 nitrogen and oxygen atoms in total. The summed E-state index contributed by atoms with van der Waals surface area (Å²) >= 11 is 6.79. The number of anilines is 1. The summed E-state index contributed by atoms with van der Waals surface area (Å²) in [6.45, 7) is 2.75. The topological polar surface area (TPSA) is 82.3 Å². The van der Waals surface area contributed by atoms with Crippen molar-refractivity contribution in [2.24, 2.45) is 5.92 Å². The van der Waals surface area contributed by atoms with E-state index in [0.717, 1.165) is 50.5 Å². The number of hydrogen-bond acceptors (Lipinski definition) is 4. The number of fused-ring (bicyclic) bond motifs is 1. The number of rotatable bonds is 7. The maximum Gasteiger partial charge on any atom is 0.254 e. The standard InChI is InChI=1S/C19H28N4O2S2/c1-3-4-9-21-17(25)15-13-10-12(22-19(26)20-2)7-8-14(13)27-18(15)23-16(24)11-5-6-11/h11-12H,3-10H2,1-2H3,(H,21,25)(H,23,24)(H2,20,22,26). The summed E-state index contributed by atoms with van der Waals surface area (Å²) in [5.74, 6) is 0.0775. The number of hydrogen-bond donors (Lipinski definition) is 4. The predicted molar refractivity (Wildman–Crippen MR) is 114 cm³/mol. The first-order valence-electron chi connectivity index (χ1n) is 9.75. The molecule has 2 amide bonds. The van der Waals surface area contributed by atoms with Crippen molar-refractivity contribution in [3.8, 4) is 0 Å². The summed E-state index contributed by atoms with van der Waals surface area (Å²) in [5, 5.41) is 13.6. The van der Waals surface area contributed by atoms with Gasteiger partial charge in [0.05, 0.1) is 5.56 Å². The molecule has 1 aromatic rings. The minimum Gasteiger partial charge on any atom is -0.366 e. The molecule has 0 spiro atoms. The zero-order chi connectivity index (χ0) is 19.4. The van der Waals surface area contributed by atoms with E-state index in [4.69, 9.17) is 12.2 Å². The second-order valence-electron chi connectivity index (χ2n) is 7.24. The van der Waals surface area contributed by atoms with Crippen LogP contribution in [0, 0.1) is 5.92 Å². The van der Waals surface area contributed by atoms with Gasteiger partial charge in [0.1, 0.15) is 5.00 Å². The summed E-state index contributed by atoms with van der Waals surface area (Å²) in [6, 6.07) is 0.196. The predicted octanol–water partition coefficient (Wildman–Crippen LogP) is 2.58. The van der Waals surface area contributed by atoms with Crippen LogP contribution in [0.3, 0.4) is 0 Å². The number of unbranched alkanes of at least 4 members (excludes halogenated alkanes) is 1. The Labute approximate surface area is 169 Å². The van der Waals surface area contributed by atoms with Gasteiger partial charge in [0, 0.05) is 30.4 Å². The van der Waals surface area contributed by atoms with E-state index in [1.807, 2.05) is 0 Å². The molecule has 1 heterocycles. The molecule has 0 saturated heterocycles. The fraction of sp³-hybridized carbons (Fsp3) is 0.632. The average Bonchev–Trinajstić information content (AvgIpc) is 3.44. The first kappa shape index (κ1) is 20.1. The van der Waals surface area contributed by atoms with E-state index < -0.39 is 0 Å². The van der Waals surface area contributed by atoms with Crippen LogP contribution in [0.5, 0.6) is 0 Å². The van der Waals surface area contributed by atoms with Crippen molar-refractivity contribution < 1.29 is 9.59 Å². The van der Waals surface area contributed by atoms with Crippen LogP contribution in [0.1, 0.15) is 59.8 Å². The molecule has 2 aliphatic rings. The largest absolute Gasteiger partial charge is 0.366 e. The van der Waals surface area contributed by atoms with Gasteiger partial charge in [-0.15, -0.1) is 11.3 Å². The second kappa shape index (κ2) is 9.01. The summed E-state index contributed by atoms with van der Waals surface area (Å²) in [6.07, 6.45) is 6.46. The lowest BCUT2D eigenvalue weighted by Crippen LogP contribution is -2.43. The highest BCUT2D eigenvalue weighted by atomic mass is 32.1. The van der Waals surface area contributed by atoms with Crippen molar-refractivity contribution in [2.75, 3.05) is 18.9 Å². The zero-order valence-electron chi connectivity index (χ0n) is 15.9. The van der Waals surface area contributed by atoms with Gasteiger partial charge in [0.25, 0.3) is 5.91 Å². The highest BCUT2D eigenvalue weighted by Gasteiger charge is 2.33. The van der Waals surface area contributed by atoms with Crippen LogP contribution in [-0.4, -0.2) is 36.6 Å². The quantitative estimate of drug-likeness (QED) is 0.412. The molecular formula is C19H28N4O2S2. The molecule has 148 valence electrons. The first-order chi connectivity index (χ1) is 13.0. The molecule has 0 aromatic carbocycles. The van der Waals surface area contributed by atoms with Crippen LogP contribution in [0.15, 0.2) is 0 Å². The number of carbonyl (C=O) groups excluding carboxylic acids is 2. The number of thiocarbonyl (C=S) groups is 1. The molecule has 1 saturated carbocycles. The Kier molecular flexibility index (Phi) is 6.70. The van der Waals surface area contributed by atoms with E-state index in [0.29, 0.717) is 22.2 Å². The van der Waals surface area contributed by atoms with Gasteiger partial charge < -0.3 is 21.3 Å². The maximum atomic E-state index is 12.9. The lowest BCUT2D eigenvalue weighted by atomic mass is 9.91. The normalized spacial score (nSPS) is 18.4. The van der Waals surface area contributed by atoms with Crippen molar-refractivity contribution >= 4 is 45.5 Å². The van der Waals surface area contributed by atoms with E-state index in [1.54, 1.807) is 18.4 Å². The van der Waals surface area contributed by atoms with Gasteiger partial charge in [-0.1, -0.05) is 13.3 Å². The number of carbonyl (C=O) groups is 2. The van der Waals surface area contributed by atoms with Gasteiger partial charge in [-0.25, -0.2) is 0 Å². The van der Waals surface area contributed by atoms with E-state index in [9.17, 15) is 9.59 Å². The summed E-state index contributed by atoms with van der Waals surface area (Å²) in [7, 11) is 1.80. The Bertz CT molecular complexity index is 728. The monoisotopic (exact) mass is 408 g/mol. The minimum absolute atomic E-state index is 0.0437. The Hall–Kier alpha value is -1.67. The smallest absolute Gasteiger partial charge is 0.254 e. The third-order valence-corrected chi connectivity index (χ3v) is 6.58. The van der Waals surface area contributed by atoms with E-state index in [-0.39, 0.29) is 23.8 Å². The molecule has 1 aromatic heterocycles. The van der Waals surface area contributed by atoms with Crippen LogP contribution in [0.2, 0.25) is 0 Å². The zero-order valence-corrected chi connectivity index (χ0v) is 17.6. The fourth-order valence-corrected chi connectivity index (χ4v) is 4.73. The van der Waals surface area contributed by atoms with Crippen molar-refractivity contribution in [2.45, 2.75) is 57.9 Å². The third kappa shape index (κ3) is 4.99. The van der Waals surface area contributed by atoms with Crippen LogP contribution >= 0.6 is 23.6 Å². The number of nitrogens with one attached hydrogen (secondary N) is 4. The van der Waals surface area contributed by atoms with Gasteiger partial charge in [0.2, 0.25) is 5.91 Å². The lowest BCUT2D eigenvalue weighted by Gasteiger charge is -2.25. The maximum absolute atomic E-state index is 12.9. The van der Waals surface area contributed by atoms with Crippen LogP contribution in [0.25, 0.3) is 0 Å². The summed E-state index contributed by atoms with van der Waals surface area (Å²) in [5.41, 5.74) is 1.71. The Morgan fingerprint density at radius 3 is 2.70 bits per heavy atom. The highest BCUT2D eigenvalue weighted by molar-refractivity contribution is 7.80. The average molecular weight is 409 g/mol. The molecule has 3 rings (SSSR count). The molecule has 8 heteroatoms. The van der Waals surface area contributed by atoms with Crippen LogP contribution in [-0.2, 0) is 17.6 Å². The van der Waals surface area contributed by atoms with Crippen LogP contribution < -0.4 is 21.3 Å². The summed E-state index contributed by atoms with van der Waals surface area (Å²) in [4.78, 5) is 26.4. The van der Waals surface area contributed by atoms with Gasteiger partial charge >= 0.3 is 0 Å². The summed E-state index contributed by atoms with van der Waals surface area (Å²) < 4.78 is 0. The molecule has 1 unspecified atom stereocenters. The molecule has 4 N–H and O–H groups in total. The Balaban J connectivity index is 1.82. The number of amides is 2. The van der Waals surface area contributed by atoms with E-state index in [1.165, 1.54) is 4.88 Å². The van der Waals surface area contributed by atoms with Crippen molar-refractivity contribution in [3.63, 3.8) is 0 Å². The molecule has 1 fully saturated rings. The fourth-order valence-electron chi connectivity index (χ4n) is 3.32. The van der Waals surface area contributed by atoms with Gasteiger partial charge in [0.15, 0.2) is 5.11 Å². The molecule has 1 atom stereocenters. The molecule has 0 aliphatic heterocycles. The van der Waals surface area contributed by atoms with Gasteiger partial charge in [-0.05, 0) is 56.3 Å². The Morgan fingerprint density at radius 2 is 2.04 bits per heavy atom. The van der Waals surface area contributed by atoms with Gasteiger partial charge in [-0.3, -0.25) is 9.59 Å². The first-order valence-corrected chi connectivity index (χ1v) is 11.0. The Morgan fingerprint density at radius 1 is 1.26 bits per heavy atom. The van der Waals surface area contributed by atoms with Crippen molar-refractivity contribution in [3.05, 3.63) is 16.0 Å². The molecule has 0 bridgehead atoms. The molecular weight excluding hydrogens is 380 g/mol. The molecule has 2 aliphatic carbocycles. The number of thiophene rings is 1. The SMILES string of the molecule is CCCCNC(=O)c1c(NC(=O)C2CC2)sc2c1CC(NC(=S)NC)CC2. The highest BCUT2D eigenvalue weighted by Crippen LogP contribution is 2.39. The number of aryl methyl sites for hydroxylation is 1. The molecule has 27 heavy (non-hydrogen) atoms. The van der Waals surface area contributed by atoms with Crippen LogP contribution in [0.4, 0.5) is 5.00 Å². The van der Waals surface area contributed by atoms with E-state index in [2.05, 4.69) is 28.2 Å². The van der Waals surface area contributed by atoms with E-state index >= 15 is 0 Å². The second-order valence-corrected chi connectivity index (χ2v) is 8.76. The van der Waals surface area contributed by atoms with Crippen molar-refractivity contribution in [1.29, 1.82) is 0 Å². The van der Waals surface area contributed by atoms with Crippen molar-refractivity contribution in [1.82, 2.24) is 16.0 Å². The lowest BCUT2D eigenvalue weighted by molar-refractivity contribution is -0.117. The molecule has 0 radical (unpaired) electrons. The van der Waals surface area contributed by atoms with Gasteiger partial charge in [-0.2, -0.15) is 0 Å².